The quantitative estimate of drug-likeness (QED) is 0.399. The molecule has 0 amide bonds. The van der Waals surface area contributed by atoms with Gasteiger partial charge in [0.05, 0.1) is 0 Å². The number of rotatable bonds is 8. The van der Waals surface area contributed by atoms with Crippen molar-refractivity contribution in [2.24, 2.45) is 5.41 Å². The predicted molar refractivity (Wildman–Crippen MR) is 104 cm³/mol. The molecule has 0 unspecified atom stereocenters. The lowest BCUT2D eigenvalue weighted by atomic mass is 9.64. The second kappa shape index (κ2) is 9.61. The van der Waals surface area contributed by atoms with Gasteiger partial charge in [0.2, 0.25) is 0 Å². The van der Waals surface area contributed by atoms with Crippen molar-refractivity contribution in [2.45, 2.75) is 32.1 Å². The molecule has 2 heteroatoms. The molecule has 2 nitrogen and oxygen atoms in total. The van der Waals surface area contributed by atoms with Gasteiger partial charge in [-0.1, -0.05) is 69.9 Å². The molecule has 128 valence electrons. The Morgan fingerprint density at radius 1 is 0.625 bits per heavy atom. The smallest absolute Gasteiger partial charge is 0.114 e. The second-order valence-electron chi connectivity index (χ2n) is 5.89. The van der Waals surface area contributed by atoms with Crippen LogP contribution >= 0.6 is 0 Å². The average Bonchev–Trinajstić information content (AvgIpc) is 2.62. The van der Waals surface area contributed by atoms with E-state index in [1.807, 2.05) is 24.3 Å². The first-order chi connectivity index (χ1) is 11.5. The number of hydrogen-bond donors (Lipinski definition) is 2. The minimum atomic E-state index is -0.211. The predicted octanol–water partition coefficient (Wildman–Crippen LogP) is 6.42. The van der Waals surface area contributed by atoms with Crippen molar-refractivity contribution in [3.05, 3.63) is 97.6 Å². The van der Waals surface area contributed by atoms with E-state index in [-0.39, 0.29) is 16.9 Å². The third kappa shape index (κ3) is 4.76. The van der Waals surface area contributed by atoms with Gasteiger partial charge in [0.25, 0.3) is 0 Å². The topological polar surface area (TPSA) is 40.5 Å². The Morgan fingerprint density at radius 3 is 1.38 bits per heavy atom. The SMILES string of the molecule is C=C/C(O)=C\C=C(/C=C)C1(/C(C=C)=C/C=C(/O)C=C)CCCCC1. The van der Waals surface area contributed by atoms with Crippen LogP contribution in [0.25, 0.3) is 0 Å². The number of aliphatic hydroxyl groups is 2. The van der Waals surface area contributed by atoms with Gasteiger partial charge in [-0.25, -0.2) is 0 Å². The zero-order valence-electron chi connectivity index (χ0n) is 14.4. The fourth-order valence-corrected chi connectivity index (χ4v) is 3.23. The molecule has 0 radical (unpaired) electrons. The van der Waals surface area contributed by atoms with Crippen molar-refractivity contribution in [1.82, 2.24) is 0 Å². The summed E-state index contributed by atoms with van der Waals surface area (Å²) >= 11 is 0. The summed E-state index contributed by atoms with van der Waals surface area (Å²) in [6.07, 6.45) is 18.9. The van der Waals surface area contributed by atoms with Crippen LogP contribution in [-0.4, -0.2) is 10.2 Å². The van der Waals surface area contributed by atoms with Gasteiger partial charge < -0.3 is 10.2 Å². The van der Waals surface area contributed by atoms with Gasteiger partial charge in [0, 0.05) is 5.41 Å². The van der Waals surface area contributed by atoms with Crippen molar-refractivity contribution >= 4 is 0 Å². The first kappa shape index (κ1) is 19.6. The highest BCUT2D eigenvalue weighted by Crippen LogP contribution is 2.49. The molecule has 1 rings (SSSR count). The van der Waals surface area contributed by atoms with Gasteiger partial charge in [-0.15, -0.1) is 0 Å². The zero-order valence-corrected chi connectivity index (χ0v) is 14.4. The van der Waals surface area contributed by atoms with Crippen LogP contribution in [0, 0.1) is 5.41 Å². The summed E-state index contributed by atoms with van der Waals surface area (Å²) in [6.45, 7) is 15.0. The highest BCUT2D eigenvalue weighted by molar-refractivity contribution is 5.44. The van der Waals surface area contributed by atoms with Gasteiger partial charge in [0.15, 0.2) is 0 Å². The fraction of sp³-hybridized carbons (Fsp3) is 0.273. The van der Waals surface area contributed by atoms with E-state index in [0.29, 0.717) is 0 Å². The summed E-state index contributed by atoms with van der Waals surface area (Å²) in [5.74, 6) is 0.238. The number of hydrogen-bond acceptors (Lipinski definition) is 2. The van der Waals surface area contributed by atoms with Gasteiger partial charge in [0.1, 0.15) is 11.5 Å². The number of aliphatic hydroxyl groups excluding tert-OH is 2. The van der Waals surface area contributed by atoms with Crippen molar-refractivity contribution in [1.29, 1.82) is 0 Å². The van der Waals surface area contributed by atoms with Crippen LogP contribution in [0.2, 0.25) is 0 Å². The summed E-state index contributed by atoms with van der Waals surface area (Å²) < 4.78 is 0. The molecule has 0 atom stereocenters. The fourth-order valence-electron chi connectivity index (χ4n) is 3.23. The second-order valence-corrected chi connectivity index (χ2v) is 5.89. The van der Waals surface area contributed by atoms with Crippen molar-refractivity contribution in [3.63, 3.8) is 0 Å². The monoisotopic (exact) mass is 324 g/mol. The molecule has 0 aliphatic heterocycles. The standard InChI is InChI=1S/C22H28O2/c1-5-18(12-14-20(23)7-3)22(16-10-9-11-17-22)19(6-2)13-15-21(24)8-4/h5-8,12-15,23-24H,1-4,9-11,16-17H2/b18-12+,19-13+,20-14+,21-15+. The molecule has 2 N–H and O–H groups in total. The Labute approximate surface area is 145 Å². The largest absolute Gasteiger partial charge is 0.508 e. The lowest BCUT2D eigenvalue weighted by Crippen LogP contribution is -2.27. The Morgan fingerprint density at radius 2 is 1.04 bits per heavy atom. The van der Waals surface area contributed by atoms with Crippen LogP contribution in [0.4, 0.5) is 0 Å². The van der Waals surface area contributed by atoms with Crippen LogP contribution in [0.3, 0.4) is 0 Å². The van der Waals surface area contributed by atoms with Crippen LogP contribution in [0.5, 0.6) is 0 Å². The molecule has 24 heavy (non-hydrogen) atoms. The molecule has 1 aliphatic carbocycles. The Balaban J connectivity index is 3.45. The van der Waals surface area contributed by atoms with E-state index in [2.05, 4.69) is 26.3 Å². The van der Waals surface area contributed by atoms with E-state index in [1.54, 1.807) is 12.2 Å². The Hall–Kier alpha value is -2.48. The first-order valence-electron chi connectivity index (χ1n) is 8.26. The molecule has 0 heterocycles. The maximum absolute atomic E-state index is 9.66. The highest BCUT2D eigenvalue weighted by Gasteiger charge is 2.36. The molecule has 0 aromatic heterocycles. The highest BCUT2D eigenvalue weighted by atomic mass is 16.3. The molecule has 0 bridgehead atoms. The van der Waals surface area contributed by atoms with E-state index in [4.69, 9.17) is 0 Å². The lowest BCUT2D eigenvalue weighted by Gasteiger charge is -2.40. The van der Waals surface area contributed by atoms with Gasteiger partial charge in [-0.3, -0.25) is 0 Å². The summed E-state index contributed by atoms with van der Waals surface area (Å²) in [7, 11) is 0. The average molecular weight is 324 g/mol. The lowest BCUT2D eigenvalue weighted by molar-refractivity contribution is 0.300. The van der Waals surface area contributed by atoms with E-state index in [9.17, 15) is 10.2 Å². The third-order valence-corrected chi connectivity index (χ3v) is 4.54. The minimum absolute atomic E-state index is 0.119. The van der Waals surface area contributed by atoms with E-state index in [1.165, 1.54) is 18.6 Å². The summed E-state index contributed by atoms with van der Waals surface area (Å²) in [5, 5.41) is 19.3. The molecular formula is C22H28O2. The number of allylic oxidation sites excluding steroid dienone is 10. The van der Waals surface area contributed by atoms with E-state index < -0.39 is 0 Å². The first-order valence-corrected chi connectivity index (χ1v) is 8.26. The van der Waals surface area contributed by atoms with E-state index >= 15 is 0 Å². The summed E-state index contributed by atoms with van der Waals surface area (Å²) in [5.41, 5.74) is 1.86. The van der Waals surface area contributed by atoms with Gasteiger partial charge >= 0.3 is 0 Å². The van der Waals surface area contributed by atoms with Crippen LogP contribution < -0.4 is 0 Å². The van der Waals surface area contributed by atoms with Crippen LogP contribution in [0.1, 0.15) is 32.1 Å². The molecule has 0 aromatic carbocycles. The molecular weight excluding hydrogens is 296 g/mol. The maximum Gasteiger partial charge on any atom is 0.114 e. The third-order valence-electron chi connectivity index (χ3n) is 4.54. The Kier molecular flexibility index (Phi) is 7.84. The van der Waals surface area contributed by atoms with Crippen molar-refractivity contribution in [2.75, 3.05) is 0 Å². The molecule has 0 saturated heterocycles. The molecule has 1 aliphatic rings. The van der Waals surface area contributed by atoms with Crippen LogP contribution in [0.15, 0.2) is 97.6 Å². The summed E-state index contributed by atoms with van der Waals surface area (Å²) in [4.78, 5) is 0. The van der Waals surface area contributed by atoms with Crippen molar-refractivity contribution < 1.29 is 10.2 Å². The van der Waals surface area contributed by atoms with Crippen molar-refractivity contribution in [3.8, 4) is 0 Å². The van der Waals surface area contributed by atoms with Crippen LogP contribution in [-0.2, 0) is 0 Å². The van der Waals surface area contributed by atoms with E-state index in [0.717, 1.165) is 36.8 Å². The van der Waals surface area contributed by atoms with Gasteiger partial charge in [-0.05, 0) is 48.3 Å². The summed E-state index contributed by atoms with van der Waals surface area (Å²) in [6, 6.07) is 0. The molecule has 0 spiro atoms. The maximum atomic E-state index is 9.66. The van der Waals surface area contributed by atoms with Gasteiger partial charge in [-0.2, -0.15) is 0 Å². The molecule has 1 fully saturated rings. The Bertz CT molecular complexity index is 558. The molecule has 0 aromatic rings. The normalized spacial score (nSPS) is 19.5. The minimum Gasteiger partial charge on any atom is -0.508 e. The molecule has 1 saturated carbocycles. The zero-order chi connectivity index (χ0) is 18.0.